The fourth-order valence-electron chi connectivity index (χ4n) is 2.85. The molecule has 1 heterocycles. The predicted octanol–water partition coefficient (Wildman–Crippen LogP) is 4.91. The van der Waals surface area contributed by atoms with Crippen LogP contribution in [0.3, 0.4) is 0 Å². The fourth-order valence-corrected chi connectivity index (χ4v) is 4.72. The highest BCUT2D eigenvalue weighted by Gasteiger charge is 2.21. The Bertz CT molecular complexity index is 976. The second kappa shape index (κ2) is 10.7. The Hall–Kier alpha value is -2.16. The molecule has 1 aromatic heterocycles. The third-order valence-corrected chi connectivity index (χ3v) is 6.43. The van der Waals surface area contributed by atoms with E-state index in [1.54, 1.807) is 28.8 Å². The van der Waals surface area contributed by atoms with Crippen LogP contribution in [0, 0.1) is 5.82 Å². The summed E-state index contributed by atoms with van der Waals surface area (Å²) in [6.45, 7) is 3.82. The SMILES string of the molecule is CCOc1cccc2sc(N(CCN(C)C)C(=O)CCSc3ccc(F)cc3)nc12. The van der Waals surface area contributed by atoms with E-state index in [9.17, 15) is 9.18 Å². The maximum absolute atomic E-state index is 13.1. The lowest BCUT2D eigenvalue weighted by atomic mass is 10.3. The van der Waals surface area contributed by atoms with Crippen molar-refractivity contribution in [3.63, 3.8) is 0 Å². The molecular weight excluding hydrogens is 421 g/mol. The molecule has 0 bridgehead atoms. The number of halogens is 1. The van der Waals surface area contributed by atoms with Gasteiger partial charge in [0, 0.05) is 30.2 Å². The van der Waals surface area contributed by atoms with E-state index >= 15 is 0 Å². The van der Waals surface area contributed by atoms with Gasteiger partial charge in [-0.3, -0.25) is 9.69 Å². The number of amides is 1. The third kappa shape index (κ3) is 5.93. The standard InChI is InChI=1S/C22H26FN3O2S2/c1-4-28-18-6-5-7-19-21(18)24-22(30-19)26(14-13-25(2)3)20(27)12-15-29-17-10-8-16(23)9-11-17/h5-11H,4,12-15H2,1-3H3. The van der Waals surface area contributed by atoms with E-state index in [-0.39, 0.29) is 11.7 Å². The van der Waals surface area contributed by atoms with E-state index < -0.39 is 0 Å². The van der Waals surface area contributed by atoms with Crippen LogP contribution in [-0.4, -0.2) is 55.3 Å². The lowest BCUT2D eigenvalue weighted by Crippen LogP contribution is -2.36. The number of fused-ring (bicyclic) bond motifs is 1. The highest BCUT2D eigenvalue weighted by molar-refractivity contribution is 7.99. The van der Waals surface area contributed by atoms with Gasteiger partial charge in [-0.2, -0.15) is 0 Å². The minimum atomic E-state index is -0.257. The molecule has 0 fully saturated rings. The summed E-state index contributed by atoms with van der Waals surface area (Å²) in [6.07, 6.45) is 0.379. The molecule has 2 aromatic carbocycles. The number of thioether (sulfide) groups is 1. The van der Waals surface area contributed by atoms with Gasteiger partial charge in [0.25, 0.3) is 0 Å². The number of nitrogens with zero attached hydrogens (tertiary/aromatic N) is 3. The van der Waals surface area contributed by atoms with Crippen molar-refractivity contribution in [3.05, 3.63) is 48.3 Å². The van der Waals surface area contributed by atoms with Crippen LogP contribution in [0.1, 0.15) is 13.3 Å². The van der Waals surface area contributed by atoms with Crippen LogP contribution in [0.25, 0.3) is 10.2 Å². The molecule has 5 nitrogen and oxygen atoms in total. The zero-order valence-electron chi connectivity index (χ0n) is 17.4. The molecule has 0 aliphatic heterocycles. The van der Waals surface area contributed by atoms with Gasteiger partial charge in [0.15, 0.2) is 5.13 Å². The largest absolute Gasteiger partial charge is 0.492 e. The van der Waals surface area contributed by atoms with Crippen LogP contribution in [0.5, 0.6) is 5.75 Å². The number of rotatable bonds is 10. The normalized spacial score (nSPS) is 11.2. The second-order valence-electron chi connectivity index (χ2n) is 6.93. The van der Waals surface area contributed by atoms with E-state index in [4.69, 9.17) is 9.72 Å². The molecule has 30 heavy (non-hydrogen) atoms. The number of likely N-dealkylation sites (N-methyl/N-ethyl adjacent to an activating group) is 1. The van der Waals surface area contributed by atoms with E-state index in [1.807, 2.05) is 44.1 Å². The van der Waals surface area contributed by atoms with E-state index in [0.29, 0.717) is 30.5 Å². The number of hydrogen-bond donors (Lipinski definition) is 0. The summed E-state index contributed by atoms with van der Waals surface area (Å²) in [7, 11) is 3.97. The van der Waals surface area contributed by atoms with Crippen molar-refractivity contribution in [1.82, 2.24) is 9.88 Å². The molecule has 0 N–H and O–H groups in total. The molecule has 0 spiro atoms. The monoisotopic (exact) mass is 447 g/mol. The number of carbonyl (C=O) groups is 1. The van der Waals surface area contributed by atoms with Crippen molar-refractivity contribution in [1.29, 1.82) is 0 Å². The number of ether oxygens (including phenoxy) is 1. The van der Waals surface area contributed by atoms with Gasteiger partial charge < -0.3 is 9.64 Å². The van der Waals surface area contributed by atoms with Gasteiger partial charge in [-0.1, -0.05) is 17.4 Å². The Kier molecular flexibility index (Phi) is 8.07. The van der Waals surface area contributed by atoms with Crippen molar-refractivity contribution in [2.75, 3.05) is 44.4 Å². The van der Waals surface area contributed by atoms with Crippen molar-refractivity contribution in [2.24, 2.45) is 0 Å². The number of para-hydroxylation sites is 1. The van der Waals surface area contributed by atoms with Crippen molar-refractivity contribution in [3.8, 4) is 5.75 Å². The van der Waals surface area contributed by atoms with Crippen LogP contribution in [0.2, 0.25) is 0 Å². The number of benzene rings is 2. The van der Waals surface area contributed by atoms with Crippen molar-refractivity contribution in [2.45, 2.75) is 18.2 Å². The quantitative estimate of drug-likeness (QED) is 0.413. The molecule has 0 atom stereocenters. The molecule has 160 valence electrons. The Morgan fingerprint density at radius 1 is 1.17 bits per heavy atom. The van der Waals surface area contributed by atoms with Gasteiger partial charge in [0.1, 0.15) is 17.1 Å². The van der Waals surface area contributed by atoms with Gasteiger partial charge >= 0.3 is 0 Å². The minimum absolute atomic E-state index is 0.0310. The predicted molar refractivity (Wildman–Crippen MR) is 123 cm³/mol. The Labute approximate surface area is 184 Å². The van der Waals surface area contributed by atoms with Crippen LogP contribution in [-0.2, 0) is 4.79 Å². The van der Waals surface area contributed by atoms with Crippen LogP contribution >= 0.6 is 23.1 Å². The average Bonchev–Trinajstić information content (AvgIpc) is 3.14. The first-order chi connectivity index (χ1) is 14.5. The molecule has 0 aliphatic rings. The van der Waals surface area contributed by atoms with Gasteiger partial charge in [0.05, 0.1) is 11.3 Å². The summed E-state index contributed by atoms with van der Waals surface area (Å²) >= 11 is 3.05. The van der Waals surface area contributed by atoms with Crippen LogP contribution in [0.15, 0.2) is 47.4 Å². The van der Waals surface area contributed by atoms with Crippen molar-refractivity contribution >= 4 is 44.4 Å². The number of carbonyl (C=O) groups excluding carboxylic acids is 1. The Balaban J connectivity index is 1.74. The van der Waals surface area contributed by atoms with Crippen LogP contribution in [0.4, 0.5) is 9.52 Å². The van der Waals surface area contributed by atoms with Gasteiger partial charge in [0.2, 0.25) is 5.91 Å². The molecule has 0 saturated heterocycles. The highest BCUT2D eigenvalue weighted by Crippen LogP contribution is 2.34. The summed E-state index contributed by atoms with van der Waals surface area (Å²) in [5, 5.41) is 0.691. The molecule has 0 aliphatic carbocycles. The molecular formula is C22H26FN3O2S2. The Morgan fingerprint density at radius 2 is 1.93 bits per heavy atom. The number of anilines is 1. The Morgan fingerprint density at radius 3 is 2.63 bits per heavy atom. The topological polar surface area (TPSA) is 45.7 Å². The molecule has 0 radical (unpaired) electrons. The smallest absolute Gasteiger partial charge is 0.229 e. The van der Waals surface area contributed by atoms with E-state index in [0.717, 1.165) is 27.4 Å². The molecule has 3 rings (SSSR count). The fraction of sp³-hybridized carbons (Fsp3) is 0.364. The van der Waals surface area contributed by atoms with Gasteiger partial charge in [-0.05, 0) is 57.4 Å². The number of hydrogen-bond acceptors (Lipinski definition) is 6. The van der Waals surface area contributed by atoms with Gasteiger partial charge in [-0.25, -0.2) is 9.37 Å². The molecule has 0 saturated carbocycles. The second-order valence-corrected chi connectivity index (χ2v) is 9.11. The molecule has 0 unspecified atom stereocenters. The first-order valence-corrected chi connectivity index (χ1v) is 11.6. The third-order valence-electron chi connectivity index (χ3n) is 4.37. The lowest BCUT2D eigenvalue weighted by Gasteiger charge is -2.22. The molecule has 8 heteroatoms. The first kappa shape index (κ1) is 22.5. The summed E-state index contributed by atoms with van der Waals surface area (Å²) < 4.78 is 19.8. The van der Waals surface area contributed by atoms with E-state index in [1.165, 1.54) is 23.5 Å². The lowest BCUT2D eigenvalue weighted by molar-refractivity contribution is -0.118. The number of aromatic nitrogens is 1. The highest BCUT2D eigenvalue weighted by atomic mass is 32.2. The van der Waals surface area contributed by atoms with Crippen LogP contribution < -0.4 is 9.64 Å². The summed E-state index contributed by atoms with van der Waals surface area (Å²) in [4.78, 5) is 22.6. The summed E-state index contributed by atoms with van der Waals surface area (Å²) in [5.74, 6) is 1.14. The minimum Gasteiger partial charge on any atom is -0.492 e. The van der Waals surface area contributed by atoms with Crippen molar-refractivity contribution < 1.29 is 13.9 Å². The van der Waals surface area contributed by atoms with Gasteiger partial charge in [-0.15, -0.1) is 11.8 Å². The summed E-state index contributed by atoms with van der Waals surface area (Å²) in [5.41, 5.74) is 0.794. The zero-order valence-corrected chi connectivity index (χ0v) is 19.1. The first-order valence-electron chi connectivity index (χ1n) is 9.83. The average molecular weight is 448 g/mol. The molecule has 3 aromatic rings. The summed E-state index contributed by atoms with van der Waals surface area (Å²) in [6, 6.07) is 12.2. The maximum Gasteiger partial charge on any atom is 0.229 e. The maximum atomic E-state index is 13.1. The molecule has 1 amide bonds. The van der Waals surface area contributed by atoms with E-state index in [2.05, 4.69) is 0 Å². The zero-order chi connectivity index (χ0) is 21.5. The number of thiazole rings is 1.